The Morgan fingerprint density at radius 3 is 2.30 bits per heavy atom. The zero-order chi connectivity index (χ0) is 15.7. The Hall–Kier alpha value is 0.312. The average molecular weight is 324 g/mol. The fraction of sp³-hybridized carbons (Fsp3) is 1.00. The van der Waals surface area contributed by atoms with E-state index < -0.39 is 34.9 Å². The van der Waals surface area contributed by atoms with Gasteiger partial charge in [-0.25, -0.2) is 0 Å². The lowest BCUT2D eigenvalue weighted by molar-refractivity contribution is 0.00144. The van der Waals surface area contributed by atoms with Crippen molar-refractivity contribution in [3.05, 3.63) is 0 Å². The van der Waals surface area contributed by atoms with Crippen molar-refractivity contribution in [3.63, 3.8) is 0 Å². The molecular weight excluding hydrogens is 298 g/mol. The summed E-state index contributed by atoms with van der Waals surface area (Å²) in [4.78, 5) is 9.03. The van der Waals surface area contributed by atoms with Crippen LogP contribution in [0.25, 0.3) is 0 Å². The molecule has 1 fully saturated rings. The highest BCUT2D eigenvalue weighted by Gasteiger charge is 2.49. The van der Waals surface area contributed by atoms with Crippen molar-refractivity contribution in [2.75, 3.05) is 6.61 Å². The molecule has 0 aliphatic carbocycles. The van der Waals surface area contributed by atoms with Gasteiger partial charge in [-0.2, -0.15) is 0 Å². The number of hydrogen-bond donors (Lipinski definition) is 2. The van der Waals surface area contributed by atoms with E-state index in [4.69, 9.17) is 18.6 Å². The van der Waals surface area contributed by atoms with Crippen molar-refractivity contribution in [2.24, 2.45) is 0 Å². The third-order valence-corrected chi connectivity index (χ3v) is 9.14. The van der Waals surface area contributed by atoms with Gasteiger partial charge in [-0.1, -0.05) is 20.8 Å². The van der Waals surface area contributed by atoms with E-state index in [1.165, 1.54) is 0 Å². The molecule has 1 heterocycles. The van der Waals surface area contributed by atoms with Crippen molar-refractivity contribution >= 4 is 24.4 Å². The Morgan fingerprint density at radius 1 is 1.35 bits per heavy atom. The Bertz CT molecular complexity index is 361. The molecule has 2 N–H and O–H groups in total. The highest BCUT2D eigenvalue weighted by molar-refractivity contribution is 7.32. The maximum atomic E-state index is 11.0. The molecule has 0 aromatic carbocycles. The van der Waals surface area contributed by atoms with E-state index >= 15 is 0 Å². The van der Waals surface area contributed by atoms with Gasteiger partial charge in [-0.15, -0.1) is 0 Å². The maximum Gasteiger partial charge on any atom is 0.317 e. The first kappa shape index (κ1) is 18.4. The highest BCUT2D eigenvalue weighted by atomic mass is 31.1. The summed E-state index contributed by atoms with van der Waals surface area (Å²) < 4.78 is 27.9. The molecule has 0 amide bonds. The number of aliphatic hydroxyl groups is 1. The standard InChI is InChI=1S/C11H26BO6PSi/c1-11(2,3)20(4,5)18-9-8(17-19(14)15)7(6-13)16-10(9)12/h7-10,13,19H,6,12H2,1-5H3,(H,14,15)/t7-,8?,9+,10-/m1/s1. The molecule has 20 heavy (non-hydrogen) atoms. The van der Waals surface area contributed by atoms with Crippen LogP contribution in [0.2, 0.25) is 18.1 Å². The molecule has 0 spiro atoms. The fourth-order valence-electron chi connectivity index (χ4n) is 2.00. The number of aliphatic hydroxyl groups excluding tert-OH is 1. The van der Waals surface area contributed by atoms with Crippen LogP contribution in [0.15, 0.2) is 0 Å². The summed E-state index contributed by atoms with van der Waals surface area (Å²) in [6.45, 7) is 10.3. The third kappa shape index (κ3) is 4.16. The van der Waals surface area contributed by atoms with Crippen LogP contribution >= 0.6 is 8.25 Å². The monoisotopic (exact) mass is 324 g/mol. The van der Waals surface area contributed by atoms with Crippen molar-refractivity contribution < 1.29 is 28.3 Å². The molecule has 1 saturated heterocycles. The summed E-state index contributed by atoms with van der Waals surface area (Å²) >= 11 is 0. The summed E-state index contributed by atoms with van der Waals surface area (Å²) in [5.74, 6) is 0. The van der Waals surface area contributed by atoms with Crippen molar-refractivity contribution in [1.29, 1.82) is 0 Å². The lowest BCUT2D eigenvalue weighted by Crippen LogP contribution is -2.50. The molecule has 0 saturated carbocycles. The molecule has 0 aromatic heterocycles. The van der Waals surface area contributed by atoms with E-state index in [-0.39, 0.29) is 17.6 Å². The first-order chi connectivity index (χ1) is 8.99. The lowest BCUT2D eigenvalue weighted by Gasteiger charge is -2.40. The predicted molar refractivity (Wildman–Crippen MR) is 82.5 cm³/mol. The van der Waals surface area contributed by atoms with Crippen LogP contribution in [0.3, 0.4) is 0 Å². The maximum absolute atomic E-state index is 11.0. The van der Waals surface area contributed by atoms with Gasteiger partial charge < -0.3 is 23.7 Å². The second-order valence-corrected chi connectivity index (χ2v) is 12.3. The van der Waals surface area contributed by atoms with Gasteiger partial charge in [0.25, 0.3) is 0 Å². The van der Waals surface area contributed by atoms with Gasteiger partial charge >= 0.3 is 8.25 Å². The van der Waals surface area contributed by atoms with Crippen LogP contribution in [-0.4, -0.2) is 57.1 Å². The Labute approximate surface area is 123 Å². The van der Waals surface area contributed by atoms with Gasteiger partial charge in [-0.3, -0.25) is 4.57 Å². The predicted octanol–water partition coefficient (Wildman–Crippen LogP) is 0.494. The minimum absolute atomic E-state index is 0.0129. The molecule has 6 nitrogen and oxygen atoms in total. The second kappa shape index (κ2) is 6.60. The van der Waals surface area contributed by atoms with E-state index in [0.717, 1.165) is 0 Å². The quantitative estimate of drug-likeness (QED) is 0.566. The number of ether oxygens (including phenoxy) is 1. The van der Waals surface area contributed by atoms with Gasteiger partial charge in [0, 0.05) is 0 Å². The Kier molecular flexibility index (Phi) is 6.06. The van der Waals surface area contributed by atoms with Crippen LogP contribution in [0.4, 0.5) is 0 Å². The molecule has 1 aliphatic heterocycles. The summed E-state index contributed by atoms with van der Waals surface area (Å²) in [7, 11) is -3.34. The zero-order valence-corrected chi connectivity index (χ0v) is 15.0. The van der Waals surface area contributed by atoms with E-state index in [0.29, 0.717) is 0 Å². The van der Waals surface area contributed by atoms with Gasteiger partial charge in [0.15, 0.2) is 8.32 Å². The van der Waals surface area contributed by atoms with Crippen LogP contribution in [0.5, 0.6) is 0 Å². The third-order valence-electron chi connectivity index (χ3n) is 4.20. The largest absolute Gasteiger partial charge is 0.409 e. The highest BCUT2D eigenvalue weighted by Crippen LogP contribution is 2.41. The second-order valence-electron chi connectivity index (χ2n) is 6.75. The first-order valence-electron chi connectivity index (χ1n) is 6.83. The molecule has 5 atom stereocenters. The van der Waals surface area contributed by atoms with Crippen molar-refractivity contribution in [2.45, 2.75) is 63.2 Å². The molecule has 2 unspecified atom stereocenters. The van der Waals surface area contributed by atoms with E-state index in [1.807, 2.05) is 7.85 Å². The Morgan fingerprint density at radius 2 is 1.90 bits per heavy atom. The lowest BCUT2D eigenvalue weighted by atomic mass is 9.93. The van der Waals surface area contributed by atoms with E-state index in [9.17, 15) is 9.67 Å². The fourth-order valence-corrected chi connectivity index (χ4v) is 3.87. The van der Waals surface area contributed by atoms with Crippen LogP contribution in [0, 0.1) is 0 Å². The molecule has 118 valence electrons. The van der Waals surface area contributed by atoms with E-state index in [1.54, 1.807) is 0 Å². The smallest absolute Gasteiger partial charge is 0.317 e. The molecule has 0 radical (unpaired) electrons. The molecule has 0 bridgehead atoms. The molecule has 1 aliphatic rings. The van der Waals surface area contributed by atoms with Crippen LogP contribution in [-0.2, 0) is 18.3 Å². The summed E-state index contributed by atoms with van der Waals surface area (Å²) in [6, 6.07) is -0.285. The number of hydrogen-bond acceptors (Lipinski definition) is 5. The first-order valence-corrected chi connectivity index (χ1v) is 11.0. The average Bonchev–Trinajstić information content (AvgIpc) is 2.54. The zero-order valence-electron chi connectivity index (χ0n) is 13.0. The molecule has 0 aromatic rings. The summed E-state index contributed by atoms with van der Waals surface area (Å²) in [6.07, 6.45) is -1.77. The van der Waals surface area contributed by atoms with Gasteiger partial charge in [0.2, 0.25) is 0 Å². The summed E-state index contributed by atoms with van der Waals surface area (Å²) in [5, 5.41) is 9.33. The summed E-state index contributed by atoms with van der Waals surface area (Å²) in [5.41, 5.74) is 0. The SMILES string of the molecule is B[C@@H]1O[C@H](CO)C(O[PH](=O)O)[C@@H]1O[Si](C)(C)C(C)(C)C. The van der Waals surface area contributed by atoms with Crippen LogP contribution < -0.4 is 0 Å². The normalized spacial score (nSPS) is 33.4. The van der Waals surface area contributed by atoms with Gasteiger partial charge in [0.05, 0.1) is 18.7 Å². The molecule has 1 rings (SSSR count). The topological polar surface area (TPSA) is 85.2 Å². The number of rotatable bonds is 5. The van der Waals surface area contributed by atoms with Gasteiger partial charge in [0.1, 0.15) is 20.1 Å². The van der Waals surface area contributed by atoms with Crippen LogP contribution in [0.1, 0.15) is 20.8 Å². The molecule has 9 heteroatoms. The Balaban J connectivity index is 2.92. The minimum Gasteiger partial charge on any atom is -0.409 e. The molecular formula is C11H26BO6PSi. The van der Waals surface area contributed by atoms with Crippen molar-refractivity contribution in [1.82, 2.24) is 0 Å². The van der Waals surface area contributed by atoms with E-state index in [2.05, 4.69) is 33.9 Å². The van der Waals surface area contributed by atoms with Crippen molar-refractivity contribution in [3.8, 4) is 0 Å². The minimum atomic E-state index is -3.11. The van der Waals surface area contributed by atoms with Gasteiger partial charge in [-0.05, 0) is 18.1 Å².